The Bertz CT molecular complexity index is 1290. The molecule has 13 heteroatoms. The van der Waals surface area contributed by atoms with Gasteiger partial charge in [-0.3, -0.25) is 28.8 Å². The van der Waals surface area contributed by atoms with Gasteiger partial charge in [0.2, 0.25) is 35.4 Å². The van der Waals surface area contributed by atoms with Gasteiger partial charge in [-0.25, -0.2) is 0 Å². The highest BCUT2D eigenvalue weighted by Gasteiger charge is 2.44. The Morgan fingerprint density at radius 3 is 2.30 bits per heavy atom. The normalized spacial score (nSPS) is 28.6. The lowest BCUT2D eigenvalue weighted by molar-refractivity contribution is -0.143. The third kappa shape index (κ3) is 9.71. The van der Waals surface area contributed by atoms with Gasteiger partial charge in [0, 0.05) is 18.5 Å². The van der Waals surface area contributed by atoms with E-state index in [9.17, 15) is 28.8 Å². The molecule has 3 fully saturated rings. The Morgan fingerprint density at radius 2 is 1.64 bits per heavy atom. The maximum atomic E-state index is 14.2. The van der Waals surface area contributed by atoms with E-state index in [-0.39, 0.29) is 37.1 Å². The van der Waals surface area contributed by atoms with Gasteiger partial charge in [0.1, 0.15) is 24.2 Å². The second kappa shape index (κ2) is 17.0. The molecular weight excluding hydrogens is 620 g/mol. The van der Waals surface area contributed by atoms with Crippen LogP contribution in [0.4, 0.5) is 0 Å². The van der Waals surface area contributed by atoms with Crippen LogP contribution in [0, 0.1) is 11.8 Å². The molecule has 6 amide bonds. The van der Waals surface area contributed by atoms with E-state index in [2.05, 4.69) is 26.6 Å². The van der Waals surface area contributed by atoms with E-state index >= 15 is 0 Å². The standard InChI is InChI=1S/C34H50N6O6S/c1-20(2)29-34(46)40-19-24(36-31(43)23-13-9-6-10-14-23)17-27(40)33(45)35-21(3)30(42)38-26(22-11-7-5-8-12-22)18-28(41)37-25(15-16-47-4)32(44)39-29/h5,7-8,11-12,20-21,23-27,29H,6,9-10,13-19H2,1-4H3,(H,35,45)(H,36,43)(H,37,41)(H,38,42)(H,39,44)/t21-,24-,25-,26-,27-,29-/m0/s1. The van der Waals surface area contributed by atoms with Gasteiger partial charge in [-0.1, -0.05) is 63.4 Å². The SMILES string of the molecule is CSCC[C@@H]1NC(=O)C[C@@H](c2ccccc2)NC(=O)[C@H](C)NC(=O)[C@@H]2C[C@H](NC(=O)C3CCCCC3)CN2C(=O)[C@H](C(C)C)NC1=O. The molecule has 258 valence electrons. The lowest BCUT2D eigenvalue weighted by atomic mass is 9.88. The Labute approximate surface area is 281 Å². The average molecular weight is 671 g/mol. The molecule has 1 aromatic rings. The number of amides is 6. The summed E-state index contributed by atoms with van der Waals surface area (Å²) >= 11 is 1.53. The van der Waals surface area contributed by atoms with Crippen LogP contribution in [0.5, 0.6) is 0 Å². The van der Waals surface area contributed by atoms with Crippen LogP contribution >= 0.6 is 11.8 Å². The van der Waals surface area contributed by atoms with Crippen LogP contribution in [-0.2, 0) is 28.8 Å². The minimum absolute atomic E-state index is 0.0673. The topological polar surface area (TPSA) is 166 Å². The molecule has 2 heterocycles. The molecule has 0 spiro atoms. The van der Waals surface area contributed by atoms with Crippen molar-refractivity contribution in [2.24, 2.45) is 11.8 Å². The van der Waals surface area contributed by atoms with Crippen LogP contribution in [0.1, 0.15) is 83.7 Å². The summed E-state index contributed by atoms with van der Waals surface area (Å²) in [5.41, 5.74) is 0.699. The van der Waals surface area contributed by atoms with Gasteiger partial charge >= 0.3 is 0 Å². The van der Waals surface area contributed by atoms with Gasteiger partial charge in [-0.2, -0.15) is 11.8 Å². The van der Waals surface area contributed by atoms with Gasteiger partial charge < -0.3 is 31.5 Å². The minimum Gasteiger partial charge on any atom is -0.351 e. The predicted molar refractivity (Wildman–Crippen MR) is 180 cm³/mol. The number of nitrogens with one attached hydrogen (secondary N) is 5. The molecule has 4 rings (SSSR count). The number of hydrogen-bond donors (Lipinski definition) is 5. The fourth-order valence-corrected chi connectivity index (χ4v) is 7.09. The third-order valence-corrected chi connectivity index (χ3v) is 10.0. The lowest BCUT2D eigenvalue weighted by Crippen LogP contribution is -2.59. The highest BCUT2D eigenvalue weighted by Crippen LogP contribution is 2.26. The Kier molecular flexibility index (Phi) is 13.1. The number of nitrogens with zero attached hydrogens (tertiary/aromatic N) is 1. The number of carbonyl (C=O) groups excluding carboxylic acids is 6. The van der Waals surface area contributed by atoms with Gasteiger partial charge in [0.15, 0.2) is 0 Å². The number of carbonyl (C=O) groups is 6. The molecule has 2 aliphatic heterocycles. The second-order valence-electron chi connectivity index (χ2n) is 13.3. The monoisotopic (exact) mass is 670 g/mol. The van der Waals surface area contributed by atoms with Crippen molar-refractivity contribution < 1.29 is 28.8 Å². The van der Waals surface area contributed by atoms with Gasteiger partial charge in [-0.15, -0.1) is 0 Å². The summed E-state index contributed by atoms with van der Waals surface area (Å²) in [4.78, 5) is 83.0. The van der Waals surface area contributed by atoms with Crippen molar-refractivity contribution in [2.75, 3.05) is 18.6 Å². The van der Waals surface area contributed by atoms with Crippen molar-refractivity contribution in [1.29, 1.82) is 0 Å². The second-order valence-corrected chi connectivity index (χ2v) is 14.3. The van der Waals surface area contributed by atoms with Crippen LogP contribution in [-0.4, -0.2) is 89.1 Å². The highest BCUT2D eigenvalue weighted by molar-refractivity contribution is 7.98. The smallest absolute Gasteiger partial charge is 0.246 e. The molecule has 1 saturated carbocycles. The molecule has 12 nitrogen and oxygen atoms in total. The molecule has 0 unspecified atom stereocenters. The summed E-state index contributed by atoms with van der Waals surface area (Å²) in [6, 6.07) is 4.03. The fourth-order valence-electron chi connectivity index (χ4n) is 6.62. The number of benzene rings is 1. The maximum absolute atomic E-state index is 14.2. The average Bonchev–Trinajstić information content (AvgIpc) is 3.48. The quantitative estimate of drug-likeness (QED) is 0.295. The maximum Gasteiger partial charge on any atom is 0.246 e. The van der Waals surface area contributed by atoms with Crippen LogP contribution < -0.4 is 26.6 Å². The zero-order chi connectivity index (χ0) is 34.1. The summed E-state index contributed by atoms with van der Waals surface area (Å²) in [5, 5.41) is 14.4. The summed E-state index contributed by atoms with van der Waals surface area (Å²) in [6.07, 6.45) is 7.03. The number of rotatable bonds is 7. The highest BCUT2D eigenvalue weighted by atomic mass is 32.2. The largest absolute Gasteiger partial charge is 0.351 e. The van der Waals surface area contributed by atoms with Crippen molar-refractivity contribution in [3.63, 3.8) is 0 Å². The first-order valence-corrected chi connectivity index (χ1v) is 18.2. The number of thioether (sulfide) groups is 1. The molecule has 5 N–H and O–H groups in total. The van der Waals surface area contributed by atoms with Gasteiger partial charge in [0.25, 0.3) is 0 Å². The number of fused-ring (bicyclic) bond motifs is 1. The first-order valence-electron chi connectivity index (χ1n) is 16.8. The first kappa shape index (κ1) is 36.2. The molecule has 0 aromatic heterocycles. The summed E-state index contributed by atoms with van der Waals surface area (Å²) in [5.74, 6) is -2.32. The van der Waals surface area contributed by atoms with E-state index in [1.807, 2.05) is 12.3 Å². The van der Waals surface area contributed by atoms with Crippen molar-refractivity contribution in [3.05, 3.63) is 35.9 Å². The fraction of sp³-hybridized carbons (Fsp3) is 0.647. The molecule has 47 heavy (non-hydrogen) atoms. The Morgan fingerprint density at radius 1 is 0.936 bits per heavy atom. The van der Waals surface area contributed by atoms with Gasteiger partial charge in [0.05, 0.1) is 12.5 Å². The van der Waals surface area contributed by atoms with E-state index in [1.54, 1.807) is 45.0 Å². The third-order valence-electron chi connectivity index (χ3n) is 9.36. The van der Waals surface area contributed by atoms with Crippen molar-refractivity contribution in [2.45, 2.75) is 108 Å². The van der Waals surface area contributed by atoms with E-state index in [4.69, 9.17) is 0 Å². The predicted octanol–water partition coefficient (Wildman–Crippen LogP) is 1.80. The Balaban J connectivity index is 1.65. The first-order chi connectivity index (χ1) is 22.5. The molecule has 1 aromatic carbocycles. The van der Waals surface area contributed by atoms with Crippen molar-refractivity contribution in [3.8, 4) is 0 Å². The molecule has 0 bridgehead atoms. The molecule has 6 atom stereocenters. The van der Waals surface area contributed by atoms with E-state index < -0.39 is 65.8 Å². The van der Waals surface area contributed by atoms with Crippen molar-refractivity contribution >= 4 is 47.2 Å². The van der Waals surface area contributed by atoms with Crippen LogP contribution in [0.2, 0.25) is 0 Å². The minimum atomic E-state index is -0.982. The van der Waals surface area contributed by atoms with Crippen molar-refractivity contribution in [1.82, 2.24) is 31.5 Å². The lowest BCUT2D eigenvalue weighted by Gasteiger charge is -2.32. The molecule has 3 aliphatic rings. The van der Waals surface area contributed by atoms with Crippen LogP contribution in [0.25, 0.3) is 0 Å². The molecule has 1 aliphatic carbocycles. The molecule has 2 saturated heterocycles. The summed E-state index contributed by atoms with van der Waals surface area (Å²) in [6.45, 7) is 5.26. The van der Waals surface area contributed by atoms with Crippen LogP contribution in [0.3, 0.4) is 0 Å². The zero-order valence-corrected chi connectivity index (χ0v) is 28.7. The summed E-state index contributed by atoms with van der Waals surface area (Å²) in [7, 11) is 0. The van der Waals surface area contributed by atoms with Gasteiger partial charge in [-0.05, 0) is 56.1 Å². The summed E-state index contributed by atoms with van der Waals surface area (Å²) < 4.78 is 0. The Hall–Kier alpha value is -3.61. The number of hydrogen-bond acceptors (Lipinski definition) is 7. The van der Waals surface area contributed by atoms with Crippen LogP contribution in [0.15, 0.2) is 30.3 Å². The molecular formula is C34H50N6O6S. The van der Waals surface area contributed by atoms with E-state index in [0.717, 1.165) is 32.1 Å². The van der Waals surface area contributed by atoms with E-state index in [1.165, 1.54) is 16.7 Å². The van der Waals surface area contributed by atoms with E-state index in [0.29, 0.717) is 17.7 Å². The zero-order valence-electron chi connectivity index (χ0n) is 27.9. The molecule has 0 radical (unpaired) electrons.